The van der Waals surface area contributed by atoms with Crippen molar-refractivity contribution in [1.82, 2.24) is 0 Å². The number of benzene rings is 3. The lowest BCUT2D eigenvalue weighted by atomic mass is 9.78. The van der Waals surface area contributed by atoms with Crippen LogP contribution in [0.5, 0.6) is 5.75 Å². The van der Waals surface area contributed by atoms with Gasteiger partial charge < -0.3 is 4.18 Å². The Labute approximate surface area is 161 Å². The Morgan fingerprint density at radius 2 is 1.19 bits per heavy atom. The summed E-state index contributed by atoms with van der Waals surface area (Å²) in [5, 5.41) is 0. The molecule has 0 aliphatic heterocycles. The van der Waals surface area contributed by atoms with Crippen LogP contribution in [-0.4, -0.2) is 14.7 Å². The van der Waals surface area contributed by atoms with E-state index in [1.165, 1.54) is 0 Å². The number of hydrogen-bond donors (Lipinski definition) is 0. The van der Waals surface area contributed by atoms with Crippen molar-refractivity contribution in [3.63, 3.8) is 0 Å². The van der Waals surface area contributed by atoms with Crippen LogP contribution in [0.4, 0.5) is 0 Å². The van der Waals surface area contributed by atoms with E-state index in [1.807, 2.05) is 66.7 Å². The molecule has 3 rings (SSSR count). The molecule has 3 aromatic rings. The van der Waals surface area contributed by atoms with Crippen LogP contribution < -0.4 is 4.18 Å². The molecule has 140 valence electrons. The molecule has 0 fully saturated rings. The second kappa shape index (κ2) is 7.20. The Kier molecular flexibility index (Phi) is 5.11. The Morgan fingerprint density at radius 3 is 1.63 bits per heavy atom. The smallest absolute Gasteiger partial charge is 0.306 e. The summed E-state index contributed by atoms with van der Waals surface area (Å²) in [6, 6.07) is 23.5. The molecule has 0 bridgehead atoms. The van der Waals surface area contributed by atoms with Crippen molar-refractivity contribution in [2.24, 2.45) is 0 Å². The lowest BCUT2D eigenvalue weighted by Crippen LogP contribution is -2.15. The standard InChI is InChI=1S/C23H24O3S/c1-23(2,3)19-15-16-20(26-27(4,24)25)22(18-13-9-6-10-14-18)21(19)17-11-7-5-8-12-17/h5-16H,1-4H3. The fourth-order valence-corrected chi connectivity index (χ4v) is 3.70. The molecule has 0 saturated carbocycles. The quantitative estimate of drug-likeness (QED) is 0.549. The van der Waals surface area contributed by atoms with Crippen molar-refractivity contribution in [3.8, 4) is 28.0 Å². The largest absolute Gasteiger partial charge is 0.382 e. The van der Waals surface area contributed by atoms with E-state index in [0.717, 1.165) is 34.1 Å². The fourth-order valence-electron chi connectivity index (χ4n) is 3.24. The minimum atomic E-state index is -3.65. The van der Waals surface area contributed by atoms with Crippen LogP contribution in [0.1, 0.15) is 26.3 Å². The maximum absolute atomic E-state index is 11.9. The third-order valence-corrected chi connectivity index (χ3v) is 4.82. The van der Waals surface area contributed by atoms with E-state index in [-0.39, 0.29) is 5.41 Å². The summed E-state index contributed by atoms with van der Waals surface area (Å²) in [7, 11) is -3.65. The van der Waals surface area contributed by atoms with Crippen LogP contribution in [0.3, 0.4) is 0 Å². The van der Waals surface area contributed by atoms with Crippen molar-refractivity contribution in [2.75, 3.05) is 6.26 Å². The zero-order valence-electron chi connectivity index (χ0n) is 16.1. The van der Waals surface area contributed by atoms with Gasteiger partial charge in [-0.15, -0.1) is 0 Å². The highest BCUT2D eigenvalue weighted by Gasteiger charge is 2.25. The molecule has 0 N–H and O–H groups in total. The molecule has 3 aromatic carbocycles. The van der Waals surface area contributed by atoms with Gasteiger partial charge in [0.1, 0.15) is 0 Å². The van der Waals surface area contributed by atoms with Gasteiger partial charge in [-0.05, 0) is 33.7 Å². The highest BCUT2D eigenvalue weighted by molar-refractivity contribution is 7.86. The molecule has 0 saturated heterocycles. The normalized spacial score (nSPS) is 12.0. The number of hydrogen-bond acceptors (Lipinski definition) is 3. The van der Waals surface area contributed by atoms with Gasteiger partial charge in [0, 0.05) is 5.56 Å². The van der Waals surface area contributed by atoms with E-state index in [9.17, 15) is 8.42 Å². The summed E-state index contributed by atoms with van der Waals surface area (Å²) in [6.45, 7) is 6.46. The van der Waals surface area contributed by atoms with Crippen LogP contribution in [0.25, 0.3) is 22.3 Å². The van der Waals surface area contributed by atoms with Crippen LogP contribution in [-0.2, 0) is 15.5 Å². The summed E-state index contributed by atoms with van der Waals surface area (Å²) < 4.78 is 29.2. The van der Waals surface area contributed by atoms with Gasteiger partial charge in [-0.3, -0.25) is 0 Å². The lowest BCUT2D eigenvalue weighted by Gasteiger charge is -2.27. The predicted octanol–water partition coefficient (Wildman–Crippen LogP) is 5.66. The average molecular weight is 381 g/mol. The van der Waals surface area contributed by atoms with Gasteiger partial charge >= 0.3 is 10.1 Å². The lowest BCUT2D eigenvalue weighted by molar-refractivity contribution is 0.493. The van der Waals surface area contributed by atoms with E-state index in [2.05, 4.69) is 20.8 Å². The maximum atomic E-state index is 11.9. The van der Waals surface area contributed by atoms with Crippen molar-refractivity contribution in [2.45, 2.75) is 26.2 Å². The number of rotatable bonds is 4. The molecule has 0 aliphatic carbocycles. The first-order valence-electron chi connectivity index (χ1n) is 8.84. The molecule has 4 heteroatoms. The molecule has 0 aromatic heterocycles. The van der Waals surface area contributed by atoms with Crippen molar-refractivity contribution in [1.29, 1.82) is 0 Å². The molecule has 0 amide bonds. The van der Waals surface area contributed by atoms with Gasteiger partial charge in [0.2, 0.25) is 0 Å². The SMILES string of the molecule is CC(C)(C)c1ccc(OS(C)(=O)=O)c(-c2ccccc2)c1-c1ccccc1. The van der Waals surface area contributed by atoms with Crippen molar-refractivity contribution in [3.05, 3.63) is 78.4 Å². The second-order valence-electron chi connectivity index (χ2n) is 7.63. The summed E-state index contributed by atoms with van der Waals surface area (Å²) in [6.07, 6.45) is 1.07. The van der Waals surface area contributed by atoms with Gasteiger partial charge in [0.25, 0.3) is 0 Å². The van der Waals surface area contributed by atoms with E-state index in [4.69, 9.17) is 4.18 Å². The summed E-state index contributed by atoms with van der Waals surface area (Å²) in [5.74, 6) is 0.343. The zero-order chi connectivity index (χ0) is 19.7. The first-order valence-corrected chi connectivity index (χ1v) is 10.7. The van der Waals surface area contributed by atoms with E-state index in [0.29, 0.717) is 5.75 Å². The van der Waals surface area contributed by atoms with E-state index >= 15 is 0 Å². The molecule has 0 aliphatic rings. The fraction of sp³-hybridized carbons (Fsp3) is 0.217. The van der Waals surface area contributed by atoms with Crippen molar-refractivity contribution >= 4 is 10.1 Å². The zero-order valence-corrected chi connectivity index (χ0v) is 16.9. The minimum absolute atomic E-state index is 0.127. The van der Waals surface area contributed by atoms with Gasteiger partial charge in [0.05, 0.1) is 6.26 Å². The maximum Gasteiger partial charge on any atom is 0.306 e. The highest BCUT2D eigenvalue weighted by atomic mass is 32.2. The summed E-state index contributed by atoms with van der Waals surface area (Å²) >= 11 is 0. The average Bonchev–Trinajstić information content (AvgIpc) is 2.60. The molecule has 0 heterocycles. The Balaban J connectivity index is 2.44. The minimum Gasteiger partial charge on any atom is -0.382 e. The molecule has 3 nitrogen and oxygen atoms in total. The van der Waals surface area contributed by atoms with Crippen molar-refractivity contribution < 1.29 is 12.6 Å². The third-order valence-electron chi connectivity index (χ3n) is 4.34. The molecular formula is C23H24O3S. The van der Waals surface area contributed by atoms with Gasteiger partial charge in [-0.25, -0.2) is 0 Å². The van der Waals surface area contributed by atoms with Crippen LogP contribution in [0.15, 0.2) is 72.8 Å². The monoisotopic (exact) mass is 380 g/mol. The first-order chi connectivity index (χ1) is 12.7. The molecule has 0 spiro atoms. The topological polar surface area (TPSA) is 43.4 Å². The molecule has 27 heavy (non-hydrogen) atoms. The van der Waals surface area contributed by atoms with E-state index < -0.39 is 10.1 Å². The molecule has 0 atom stereocenters. The predicted molar refractivity (Wildman–Crippen MR) is 111 cm³/mol. The highest BCUT2D eigenvalue weighted by Crippen LogP contribution is 2.45. The Morgan fingerprint density at radius 1 is 0.704 bits per heavy atom. The molecule has 0 unspecified atom stereocenters. The second-order valence-corrected chi connectivity index (χ2v) is 9.21. The van der Waals surface area contributed by atoms with E-state index in [1.54, 1.807) is 6.07 Å². The van der Waals surface area contributed by atoms with Crippen LogP contribution >= 0.6 is 0 Å². The van der Waals surface area contributed by atoms with Gasteiger partial charge in [-0.1, -0.05) is 87.5 Å². The van der Waals surface area contributed by atoms with Crippen LogP contribution in [0.2, 0.25) is 0 Å². The summed E-state index contributed by atoms with van der Waals surface area (Å²) in [5.41, 5.74) is 4.74. The summed E-state index contributed by atoms with van der Waals surface area (Å²) in [4.78, 5) is 0. The van der Waals surface area contributed by atoms with Crippen LogP contribution in [0, 0.1) is 0 Å². The molecular weight excluding hydrogens is 356 g/mol. The first kappa shape index (κ1) is 19.2. The van der Waals surface area contributed by atoms with Gasteiger partial charge in [0.15, 0.2) is 5.75 Å². The third kappa shape index (κ3) is 4.40. The van der Waals surface area contributed by atoms with Gasteiger partial charge in [-0.2, -0.15) is 8.42 Å². The Hall–Kier alpha value is -2.59. The Bertz CT molecular complexity index is 1030. The molecule has 0 radical (unpaired) electrons.